The Balaban J connectivity index is 1.86. The minimum Gasteiger partial charge on any atom is -0.493 e. The van der Waals surface area contributed by atoms with Gasteiger partial charge in [-0.05, 0) is 18.6 Å². The molecule has 0 amide bonds. The summed E-state index contributed by atoms with van der Waals surface area (Å²) < 4.78 is 11.3. The summed E-state index contributed by atoms with van der Waals surface area (Å²) in [7, 11) is 0. The summed E-state index contributed by atoms with van der Waals surface area (Å²) in [6.07, 6.45) is 7.54. The summed E-state index contributed by atoms with van der Waals surface area (Å²) in [6, 6.07) is 9.76. The van der Waals surface area contributed by atoms with E-state index in [1.54, 1.807) is 0 Å². The number of unbranched alkanes of at least 4 members (excludes halogenated alkanes) is 5. The average Bonchev–Trinajstić information content (AvgIpc) is 3.03. The van der Waals surface area contributed by atoms with Crippen molar-refractivity contribution in [1.29, 1.82) is 0 Å². The Bertz CT molecular complexity index is 552. The van der Waals surface area contributed by atoms with E-state index >= 15 is 0 Å². The number of para-hydroxylation sites is 1. The monoisotopic (exact) mass is 302 g/mol. The van der Waals surface area contributed by atoms with Crippen LogP contribution in [0.25, 0.3) is 11.3 Å². The number of hydrogen-bond donors (Lipinski definition) is 1. The molecule has 0 spiro atoms. The molecule has 0 saturated carbocycles. The van der Waals surface area contributed by atoms with Gasteiger partial charge < -0.3 is 15.0 Å². The molecule has 4 heteroatoms. The summed E-state index contributed by atoms with van der Waals surface area (Å²) in [5.41, 5.74) is 7.26. The molecule has 0 aliphatic carbocycles. The molecular weight excluding hydrogens is 276 g/mol. The predicted molar refractivity (Wildman–Crippen MR) is 88.7 cm³/mol. The Morgan fingerprint density at radius 2 is 1.86 bits per heavy atom. The molecule has 0 atom stereocenters. The van der Waals surface area contributed by atoms with E-state index in [9.17, 15) is 0 Å². The second kappa shape index (κ2) is 9.26. The third-order valence-corrected chi connectivity index (χ3v) is 3.68. The molecule has 1 aromatic heterocycles. The van der Waals surface area contributed by atoms with Crippen LogP contribution in [0.15, 0.2) is 34.9 Å². The molecule has 120 valence electrons. The summed E-state index contributed by atoms with van der Waals surface area (Å²) >= 11 is 0. The molecule has 0 aliphatic heterocycles. The predicted octanol–water partition coefficient (Wildman–Crippen LogP) is 4.54. The van der Waals surface area contributed by atoms with Crippen LogP contribution in [0.3, 0.4) is 0 Å². The SMILES string of the molecule is CCCCCCCCOc1ccccc1-c1cc(CN)no1. The number of rotatable bonds is 10. The number of nitrogens with two attached hydrogens (primary N) is 1. The highest BCUT2D eigenvalue weighted by Crippen LogP contribution is 2.30. The Kier molecular flexibility index (Phi) is 6.97. The lowest BCUT2D eigenvalue weighted by molar-refractivity contribution is 0.304. The number of benzene rings is 1. The van der Waals surface area contributed by atoms with Crippen molar-refractivity contribution in [2.24, 2.45) is 5.73 Å². The number of ether oxygens (including phenoxy) is 1. The van der Waals surface area contributed by atoms with E-state index in [1.807, 2.05) is 30.3 Å². The molecule has 0 bridgehead atoms. The van der Waals surface area contributed by atoms with Crippen LogP contribution >= 0.6 is 0 Å². The number of hydrogen-bond acceptors (Lipinski definition) is 4. The highest BCUT2D eigenvalue weighted by molar-refractivity contribution is 5.65. The fourth-order valence-electron chi connectivity index (χ4n) is 2.40. The molecule has 2 aromatic rings. The van der Waals surface area contributed by atoms with Gasteiger partial charge in [0.1, 0.15) is 5.75 Å². The first-order valence-electron chi connectivity index (χ1n) is 8.23. The highest BCUT2D eigenvalue weighted by atomic mass is 16.5. The van der Waals surface area contributed by atoms with Crippen molar-refractivity contribution in [1.82, 2.24) is 5.16 Å². The molecule has 4 nitrogen and oxygen atoms in total. The van der Waals surface area contributed by atoms with E-state index in [0.717, 1.165) is 30.0 Å². The standard InChI is InChI=1S/C18H26N2O2/c1-2-3-4-5-6-9-12-21-17-11-8-7-10-16(17)18-13-15(14-19)20-22-18/h7-8,10-11,13H,2-6,9,12,14,19H2,1H3. The average molecular weight is 302 g/mol. The summed E-state index contributed by atoms with van der Waals surface area (Å²) in [5.74, 6) is 1.55. The van der Waals surface area contributed by atoms with Crippen LogP contribution in [0.4, 0.5) is 0 Å². The molecule has 22 heavy (non-hydrogen) atoms. The van der Waals surface area contributed by atoms with Crippen LogP contribution in [-0.4, -0.2) is 11.8 Å². The summed E-state index contributed by atoms with van der Waals surface area (Å²) in [6.45, 7) is 3.35. The van der Waals surface area contributed by atoms with E-state index in [1.165, 1.54) is 32.1 Å². The summed E-state index contributed by atoms with van der Waals surface area (Å²) in [4.78, 5) is 0. The van der Waals surface area contributed by atoms with E-state index in [4.69, 9.17) is 15.0 Å². The first-order valence-corrected chi connectivity index (χ1v) is 8.23. The Labute approximate surface area is 132 Å². The van der Waals surface area contributed by atoms with Crippen molar-refractivity contribution in [3.63, 3.8) is 0 Å². The van der Waals surface area contributed by atoms with Gasteiger partial charge in [-0.1, -0.05) is 56.3 Å². The van der Waals surface area contributed by atoms with Gasteiger partial charge in [-0.25, -0.2) is 0 Å². The fourth-order valence-corrected chi connectivity index (χ4v) is 2.40. The maximum atomic E-state index is 5.92. The lowest BCUT2D eigenvalue weighted by Gasteiger charge is -2.09. The van der Waals surface area contributed by atoms with Gasteiger partial charge >= 0.3 is 0 Å². The lowest BCUT2D eigenvalue weighted by atomic mass is 10.1. The second-order valence-electron chi connectivity index (χ2n) is 5.50. The van der Waals surface area contributed by atoms with Crippen molar-refractivity contribution in [3.05, 3.63) is 36.0 Å². The van der Waals surface area contributed by atoms with Gasteiger partial charge in [0.25, 0.3) is 0 Å². The molecule has 1 aromatic carbocycles. The molecule has 0 aliphatic rings. The molecule has 0 fully saturated rings. The van der Waals surface area contributed by atoms with Crippen molar-refractivity contribution < 1.29 is 9.26 Å². The van der Waals surface area contributed by atoms with E-state index in [0.29, 0.717) is 12.3 Å². The quantitative estimate of drug-likeness (QED) is 0.654. The van der Waals surface area contributed by atoms with Gasteiger partial charge in [-0.2, -0.15) is 0 Å². The van der Waals surface area contributed by atoms with Gasteiger partial charge in [-0.15, -0.1) is 0 Å². The van der Waals surface area contributed by atoms with Crippen molar-refractivity contribution in [2.75, 3.05) is 6.61 Å². The third-order valence-electron chi connectivity index (χ3n) is 3.68. The van der Waals surface area contributed by atoms with Gasteiger partial charge in [0, 0.05) is 12.6 Å². The smallest absolute Gasteiger partial charge is 0.170 e. The zero-order valence-electron chi connectivity index (χ0n) is 13.4. The van der Waals surface area contributed by atoms with Crippen LogP contribution in [0.1, 0.15) is 51.1 Å². The molecule has 1 heterocycles. The Hall–Kier alpha value is -1.81. The molecule has 0 unspecified atom stereocenters. The van der Waals surface area contributed by atoms with Crippen molar-refractivity contribution >= 4 is 0 Å². The first kappa shape index (κ1) is 16.6. The van der Waals surface area contributed by atoms with Crippen LogP contribution in [0, 0.1) is 0 Å². The third kappa shape index (κ3) is 4.88. The maximum absolute atomic E-state index is 5.92. The van der Waals surface area contributed by atoms with Crippen molar-refractivity contribution in [2.45, 2.75) is 52.0 Å². The maximum Gasteiger partial charge on any atom is 0.170 e. The van der Waals surface area contributed by atoms with Gasteiger partial charge in [0.15, 0.2) is 5.76 Å². The summed E-state index contributed by atoms with van der Waals surface area (Å²) in [5, 5.41) is 3.93. The van der Waals surface area contributed by atoms with Crippen molar-refractivity contribution in [3.8, 4) is 17.1 Å². The number of nitrogens with zero attached hydrogens (tertiary/aromatic N) is 1. The largest absolute Gasteiger partial charge is 0.493 e. The van der Waals surface area contributed by atoms with Crippen LogP contribution in [-0.2, 0) is 6.54 Å². The molecule has 0 radical (unpaired) electrons. The van der Waals surface area contributed by atoms with Crippen LogP contribution in [0.5, 0.6) is 5.75 Å². The zero-order chi connectivity index (χ0) is 15.6. The Morgan fingerprint density at radius 3 is 2.64 bits per heavy atom. The number of aromatic nitrogens is 1. The minimum atomic E-state index is 0.379. The van der Waals surface area contributed by atoms with Gasteiger partial charge in [0.05, 0.1) is 17.9 Å². The molecule has 0 saturated heterocycles. The minimum absolute atomic E-state index is 0.379. The molecular formula is C18H26N2O2. The van der Waals surface area contributed by atoms with Crippen LogP contribution in [0.2, 0.25) is 0 Å². The van der Waals surface area contributed by atoms with Gasteiger partial charge in [-0.3, -0.25) is 0 Å². The van der Waals surface area contributed by atoms with Gasteiger partial charge in [0.2, 0.25) is 0 Å². The zero-order valence-corrected chi connectivity index (χ0v) is 13.4. The lowest BCUT2D eigenvalue weighted by Crippen LogP contribution is -1.98. The van der Waals surface area contributed by atoms with Crippen LogP contribution < -0.4 is 10.5 Å². The molecule has 2 rings (SSSR count). The topological polar surface area (TPSA) is 61.3 Å². The Morgan fingerprint density at radius 1 is 1.09 bits per heavy atom. The second-order valence-corrected chi connectivity index (χ2v) is 5.50. The fraction of sp³-hybridized carbons (Fsp3) is 0.500. The van der Waals surface area contributed by atoms with E-state index < -0.39 is 0 Å². The molecule has 2 N–H and O–H groups in total. The normalized spacial score (nSPS) is 10.8. The van der Waals surface area contributed by atoms with E-state index in [-0.39, 0.29) is 0 Å². The van der Waals surface area contributed by atoms with E-state index in [2.05, 4.69) is 12.1 Å². The first-order chi connectivity index (χ1) is 10.8. The highest BCUT2D eigenvalue weighted by Gasteiger charge is 2.11.